The number of ether oxygens (including phenoxy) is 1. The summed E-state index contributed by atoms with van der Waals surface area (Å²) >= 11 is 12.2. The molecule has 8 rings (SSSR count). The minimum atomic E-state index is -1.42. The Bertz CT molecular complexity index is 2160. The average molecular weight is 726 g/mol. The fraction of sp³-hybridized carbons (Fsp3) is 0.250. The van der Waals surface area contributed by atoms with Crippen LogP contribution < -0.4 is 14.5 Å². The Morgan fingerprint density at radius 1 is 0.843 bits per heavy atom. The minimum absolute atomic E-state index is 0.114. The van der Waals surface area contributed by atoms with Crippen molar-refractivity contribution in [1.29, 1.82) is 0 Å². The van der Waals surface area contributed by atoms with Gasteiger partial charge in [-0.2, -0.15) is 0 Å². The number of carbonyl (C=O) groups excluding carboxylic acids is 4. The first-order valence-electron chi connectivity index (χ1n) is 16.7. The van der Waals surface area contributed by atoms with Gasteiger partial charge in [0.25, 0.3) is 0 Å². The smallest absolute Gasteiger partial charge is 0.241 e. The zero-order chi connectivity index (χ0) is 35.8. The maximum Gasteiger partial charge on any atom is 0.241 e. The Hall–Kier alpha value is -4.99. The van der Waals surface area contributed by atoms with Gasteiger partial charge in [0.05, 0.1) is 39.6 Å². The lowest BCUT2D eigenvalue weighted by atomic mass is 9.51. The molecule has 6 atom stereocenters. The molecule has 258 valence electrons. The number of hydrogen-bond acceptors (Lipinski definition) is 6. The summed E-state index contributed by atoms with van der Waals surface area (Å²) in [6, 6.07) is 24.6. The third kappa shape index (κ3) is 5.16. The summed E-state index contributed by atoms with van der Waals surface area (Å²) in [5.41, 5.74) is 1.14. The van der Waals surface area contributed by atoms with Gasteiger partial charge in [-0.25, -0.2) is 9.29 Å². The first-order valence-corrected chi connectivity index (χ1v) is 17.4. The Morgan fingerprint density at radius 3 is 2.27 bits per heavy atom. The lowest BCUT2D eigenvalue weighted by molar-refractivity contribution is -0.131. The van der Waals surface area contributed by atoms with E-state index in [-0.39, 0.29) is 41.8 Å². The summed E-state index contributed by atoms with van der Waals surface area (Å²) in [7, 11) is 0. The molecule has 2 saturated heterocycles. The van der Waals surface area contributed by atoms with Crippen LogP contribution in [0.25, 0.3) is 0 Å². The number of anilines is 2. The van der Waals surface area contributed by atoms with Crippen LogP contribution in [-0.4, -0.2) is 28.7 Å². The fourth-order valence-electron chi connectivity index (χ4n) is 8.67. The second kappa shape index (κ2) is 12.4. The molecule has 51 heavy (non-hydrogen) atoms. The van der Waals surface area contributed by atoms with E-state index in [1.807, 2.05) is 36.4 Å². The highest BCUT2D eigenvalue weighted by Crippen LogP contribution is 2.64. The van der Waals surface area contributed by atoms with Crippen molar-refractivity contribution in [2.75, 3.05) is 9.80 Å². The Labute approximate surface area is 303 Å². The maximum atomic E-state index is 14.7. The molecule has 4 aromatic carbocycles. The van der Waals surface area contributed by atoms with Gasteiger partial charge in [-0.05, 0) is 79.8 Å². The maximum absolute atomic E-state index is 14.7. The van der Waals surface area contributed by atoms with E-state index in [9.17, 15) is 28.7 Å². The van der Waals surface area contributed by atoms with E-state index in [2.05, 4.69) is 0 Å². The predicted octanol–water partition coefficient (Wildman–Crippen LogP) is 7.85. The van der Waals surface area contributed by atoms with Crippen molar-refractivity contribution in [2.24, 2.45) is 29.1 Å². The van der Waals surface area contributed by atoms with Crippen molar-refractivity contribution in [1.82, 2.24) is 0 Å². The molecule has 1 saturated carbocycles. The molecule has 1 N–H and O–H groups in total. The quantitative estimate of drug-likeness (QED) is 0.161. The normalized spacial score (nSPS) is 26.9. The van der Waals surface area contributed by atoms with Crippen molar-refractivity contribution in [3.63, 3.8) is 0 Å². The van der Waals surface area contributed by atoms with Crippen molar-refractivity contribution in [3.8, 4) is 11.5 Å². The number of aromatic hydroxyl groups is 1. The molecule has 0 aromatic heterocycles. The Balaban J connectivity index is 1.22. The molecular weight excluding hydrogens is 694 g/mol. The topological polar surface area (TPSA) is 104 Å². The fourth-order valence-corrected chi connectivity index (χ4v) is 8.97. The van der Waals surface area contributed by atoms with E-state index in [1.165, 1.54) is 23.1 Å². The van der Waals surface area contributed by atoms with Crippen LogP contribution in [0, 0.1) is 34.9 Å². The molecule has 2 heterocycles. The third-order valence-electron chi connectivity index (χ3n) is 11.1. The van der Waals surface area contributed by atoms with Crippen LogP contribution in [0.2, 0.25) is 10.0 Å². The molecule has 8 nitrogen and oxygen atoms in total. The lowest BCUT2D eigenvalue weighted by Gasteiger charge is -2.49. The number of phenolic OH excluding ortho intramolecular Hbond substituents is 1. The van der Waals surface area contributed by atoms with Gasteiger partial charge in [0.1, 0.15) is 23.9 Å². The molecule has 0 spiro atoms. The molecule has 3 fully saturated rings. The number of nitrogens with zero attached hydrogens (tertiary/aromatic N) is 2. The highest BCUT2D eigenvalue weighted by atomic mass is 35.5. The van der Waals surface area contributed by atoms with Gasteiger partial charge in [-0.3, -0.25) is 24.1 Å². The first kappa shape index (κ1) is 33.2. The number of rotatable bonds is 6. The van der Waals surface area contributed by atoms with E-state index in [1.54, 1.807) is 43.3 Å². The number of phenols is 1. The van der Waals surface area contributed by atoms with E-state index < -0.39 is 58.5 Å². The second-order valence-electron chi connectivity index (χ2n) is 13.7. The van der Waals surface area contributed by atoms with E-state index in [0.717, 1.165) is 16.5 Å². The molecule has 4 amide bonds. The van der Waals surface area contributed by atoms with Crippen molar-refractivity contribution in [2.45, 2.75) is 32.3 Å². The molecule has 0 unspecified atom stereocenters. The number of fused-ring (bicyclic) bond motifs is 4. The van der Waals surface area contributed by atoms with Crippen molar-refractivity contribution >= 4 is 58.2 Å². The molecule has 0 bridgehead atoms. The van der Waals surface area contributed by atoms with Gasteiger partial charge in [0, 0.05) is 22.6 Å². The van der Waals surface area contributed by atoms with Gasteiger partial charge in [-0.15, -0.1) is 0 Å². The Morgan fingerprint density at radius 2 is 1.57 bits per heavy atom. The molecule has 4 aliphatic rings. The number of allylic oxidation sites excluding steroid dienone is 2. The zero-order valence-electron chi connectivity index (χ0n) is 27.3. The minimum Gasteiger partial charge on any atom is -0.508 e. The van der Waals surface area contributed by atoms with Crippen LogP contribution in [0.1, 0.15) is 36.8 Å². The highest BCUT2D eigenvalue weighted by molar-refractivity contribution is 6.32. The standard InChI is InChI=1S/C40H31Cl2FN2O6/c1-40-30(37(48)45(39(40)50)24-11-16-32(43)31(42)17-24)19-29-26(14-15-28-34(29)38(49)44(36(28)47)23-9-7-22(41)8-10-23)35(40)27-13-12-25(18-33(27)46)51-20-21-5-3-2-4-6-21/h2-14,16-18,28-30,34-35,46H,15,19-20H2,1H3/t28-,29+,30-,34-,35+,40+/m0/s1. The molecule has 4 aromatic rings. The van der Waals surface area contributed by atoms with Crippen LogP contribution in [0.3, 0.4) is 0 Å². The molecule has 2 aliphatic heterocycles. The van der Waals surface area contributed by atoms with Crippen molar-refractivity contribution < 1.29 is 33.4 Å². The van der Waals surface area contributed by atoms with E-state index in [0.29, 0.717) is 27.6 Å². The van der Waals surface area contributed by atoms with Gasteiger partial charge < -0.3 is 9.84 Å². The summed E-state index contributed by atoms with van der Waals surface area (Å²) in [5.74, 6) is -6.09. The molecular formula is C40H31Cl2FN2O6. The monoisotopic (exact) mass is 724 g/mol. The van der Waals surface area contributed by atoms with Gasteiger partial charge >= 0.3 is 0 Å². The lowest BCUT2D eigenvalue weighted by Crippen LogP contribution is -2.48. The molecule has 11 heteroatoms. The van der Waals surface area contributed by atoms with Crippen LogP contribution in [0.15, 0.2) is 103 Å². The molecule has 2 aliphatic carbocycles. The number of hydrogen-bond donors (Lipinski definition) is 1. The average Bonchev–Trinajstić information content (AvgIpc) is 3.49. The zero-order valence-corrected chi connectivity index (χ0v) is 28.8. The molecule has 0 radical (unpaired) electrons. The number of carbonyl (C=O) groups is 4. The number of benzene rings is 4. The van der Waals surface area contributed by atoms with Crippen LogP contribution in [0.5, 0.6) is 11.5 Å². The largest absolute Gasteiger partial charge is 0.508 e. The summed E-state index contributed by atoms with van der Waals surface area (Å²) in [4.78, 5) is 59.4. The summed E-state index contributed by atoms with van der Waals surface area (Å²) in [6.45, 7) is 1.97. The highest BCUT2D eigenvalue weighted by Gasteiger charge is 2.68. The number of imide groups is 2. The van der Waals surface area contributed by atoms with E-state index in [4.69, 9.17) is 27.9 Å². The number of amides is 4. The van der Waals surface area contributed by atoms with Gasteiger partial charge in [-0.1, -0.05) is 71.2 Å². The van der Waals surface area contributed by atoms with Gasteiger partial charge in [0.2, 0.25) is 23.6 Å². The first-order chi connectivity index (χ1) is 24.5. The van der Waals surface area contributed by atoms with Crippen LogP contribution in [-0.2, 0) is 25.8 Å². The van der Waals surface area contributed by atoms with Gasteiger partial charge in [0.15, 0.2) is 0 Å². The van der Waals surface area contributed by atoms with Crippen LogP contribution >= 0.6 is 23.2 Å². The number of halogens is 3. The Kier molecular flexibility index (Phi) is 8.03. The summed E-state index contributed by atoms with van der Waals surface area (Å²) in [5, 5.41) is 11.9. The summed E-state index contributed by atoms with van der Waals surface area (Å²) < 4.78 is 20.2. The van der Waals surface area contributed by atoms with Crippen LogP contribution in [0.4, 0.5) is 15.8 Å². The third-order valence-corrected chi connectivity index (χ3v) is 11.6. The summed E-state index contributed by atoms with van der Waals surface area (Å²) in [6.07, 6.45) is 2.26. The predicted molar refractivity (Wildman–Crippen MR) is 189 cm³/mol. The van der Waals surface area contributed by atoms with Crippen molar-refractivity contribution in [3.05, 3.63) is 130 Å². The van der Waals surface area contributed by atoms with E-state index >= 15 is 0 Å². The SMILES string of the molecule is C[C@@]12C(=O)N(c3ccc(F)c(Cl)c3)C(=O)[C@@H]1C[C@@H]1C(=CC[C@@H]3C(=O)N(c4ccc(Cl)cc4)C(=O)[C@@H]31)[C@@H]2c1ccc(OCc2ccccc2)cc1O. The second-order valence-corrected chi connectivity index (χ2v) is 14.6.